The highest BCUT2D eigenvalue weighted by Gasteiger charge is 2.64. The number of nitrogens with one attached hydrogen (secondary N) is 2. The van der Waals surface area contributed by atoms with Gasteiger partial charge < -0.3 is 40.3 Å². The molecule has 0 aromatic carbocycles. The summed E-state index contributed by atoms with van der Waals surface area (Å²) in [7, 11) is 3.00. The maximum Gasteiger partial charge on any atom is 0.187 e. The summed E-state index contributed by atoms with van der Waals surface area (Å²) < 4.78 is 12.2. The van der Waals surface area contributed by atoms with Gasteiger partial charge in [-0.2, -0.15) is 0 Å². The third-order valence-corrected chi connectivity index (χ3v) is 12.9. The van der Waals surface area contributed by atoms with Crippen molar-refractivity contribution < 1.29 is 44.6 Å². The van der Waals surface area contributed by atoms with Gasteiger partial charge in [-0.05, 0) is 64.0 Å². The van der Waals surface area contributed by atoms with Gasteiger partial charge in [0.05, 0.1) is 36.6 Å². The number of hydrogen-bond donors (Lipinski definition) is 7. The van der Waals surface area contributed by atoms with Crippen LogP contribution in [0.25, 0.3) is 0 Å². The van der Waals surface area contributed by atoms with Crippen LogP contribution in [0.5, 0.6) is 0 Å². The van der Waals surface area contributed by atoms with Gasteiger partial charge >= 0.3 is 0 Å². The Bertz CT molecular complexity index is 1150. The normalized spacial score (nSPS) is 47.8. The van der Waals surface area contributed by atoms with Gasteiger partial charge in [0.15, 0.2) is 12.1 Å². The van der Waals surface area contributed by atoms with Crippen molar-refractivity contribution in [2.45, 2.75) is 94.3 Å². The Morgan fingerprint density at radius 1 is 1.07 bits per heavy atom. The molecule has 2 saturated carbocycles. The summed E-state index contributed by atoms with van der Waals surface area (Å²) in [4.78, 5) is 28.8. The maximum absolute atomic E-state index is 14.6. The van der Waals surface area contributed by atoms with Crippen LogP contribution in [-0.4, -0.2) is 104 Å². The number of hydrogen-bond acceptors (Lipinski definition) is 13. The van der Waals surface area contributed by atoms with Gasteiger partial charge in [-0.25, -0.2) is 0 Å². The number of allylic oxidation sites excluding steroid dienone is 4. The molecule has 43 heavy (non-hydrogen) atoms. The lowest BCUT2D eigenvalue weighted by Gasteiger charge is -2.53. The summed E-state index contributed by atoms with van der Waals surface area (Å²) in [6.07, 6.45) is 0.538. The summed E-state index contributed by atoms with van der Waals surface area (Å²) in [6, 6.07) is 0. The summed E-state index contributed by atoms with van der Waals surface area (Å²) in [5, 5.41) is 62.7. The Kier molecular flexibility index (Phi) is 9.41. The van der Waals surface area contributed by atoms with Gasteiger partial charge in [0.2, 0.25) is 0 Å². The smallest absolute Gasteiger partial charge is 0.187 e. The summed E-state index contributed by atoms with van der Waals surface area (Å²) in [6.45, 7) is 1.98. The minimum Gasteiger partial charge on any atom is -0.511 e. The molecule has 11 nitrogen and oxygen atoms in total. The van der Waals surface area contributed by atoms with Crippen LogP contribution in [-0.2, 0) is 19.1 Å². The van der Waals surface area contributed by atoms with Crippen LogP contribution >= 0.6 is 21.6 Å². The van der Waals surface area contributed by atoms with E-state index in [9.17, 15) is 35.1 Å². The number of piperidine rings is 1. The number of carbonyl (C=O) groups excluding carboxylic acids is 2. The molecule has 0 aromatic heterocycles. The number of aliphatic hydroxyl groups is 5. The molecule has 3 aliphatic heterocycles. The zero-order valence-electron chi connectivity index (χ0n) is 24.4. The topological polar surface area (TPSA) is 178 Å². The van der Waals surface area contributed by atoms with E-state index in [1.165, 1.54) is 10.8 Å². The predicted molar refractivity (Wildman–Crippen MR) is 161 cm³/mol. The van der Waals surface area contributed by atoms with E-state index in [1.807, 2.05) is 13.0 Å². The third-order valence-electron chi connectivity index (χ3n) is 10.7. The van der Waals surface area contributed by atoms with E-state index in [2.05, 4.69) is 10.6 Å². The molecule has 0 aromatic rings. The van der Waals surface area contributed by atoms with E-state index in [0.717, 1.165) is 25.0 Å². The minimum absolute atomic E-state index is 0.0207. The molecule has 6 rings (SSSR count). The van der Waals surface area contributed by atoms with Gasteiger partial charge in [-0.1, -0.05) is 39.7 Å². The van der Waals surface area contributed by atoms with E-state index in [1.54, 1.807) is 16.9 Å². The standard InChI is InChI=1S/C30H44N2O9S2/c1-15-9-18-24(35)17-3-2-4-19-23(17)26(37)29(18,21(34)10-15)13-42-43-14-32-22-11-16(6-8-31-22)5-7-30(39)25(36)20(12-33)41-28(40-19)27(30)38/h9-10,16-20,22-23,25,27-28,31-34,36,38-39H,2-8,11-14H2,1H3. The number of fused-ring (bicyclic) bond motifs is 4. The Morgan fingerprint density at radius 3 is 2.67 bits per heavy atom. The van der Waals surface area contributed by atoms with Crippen LogP contribution in [0, 0.1) is 29.1 Å². The SMILES string of the molecule is CC1=CC2C(=O)C3CCCC4OC5OC(CO)C(O)C(O)(CCC6CCNC(C6)NCSSCC2(C(=O)C43)C(O)=C1)C5O. The van der Waals surface area contributed by atoms with Crippen molar-refractivity contribution >= 4 is 33.2 Å². The van der Waals surface area contributed by atoms with Crippen molar-refractivity contribution in [3.8, 4) is 0 Å². The van der Waals surface area contributed by atoms with Crippen LogP contribution in [0.3, 0.4) is 0 Å². The van der Waals surface area contributed by atoms with Crippen molar-refractivity contribution in [2.24, 2.45) is 29.1 Å². The van der Waals surface area contributed by atoms with Crippen LogP contribution in [0.1, 0.15) is 51.9 Å². The monoisotopic (exact) mass is 640 g/mol. The Balaban J connectivity index is 1.37. The molecule has 6 bridgehead atoms. The summed E-state index contributed by atoms with van der Waals surface area (Å²) in [5.41, 5.74) is -2.72. The number of Topliss-reactive ketones (excluding diaryl/α,β-unsaturated/α-hetero) is 2. The first-order valence-corrected chi connectivity index (χ1v) is 18.0. The van der Waals surface area contributed by atoms with Crippen LogP contribution in [0.15, 0.2) is 23.5 Å². The number of aliphatic hydroxyl groups excluding tert-OH is 4. The molecule has 3 aliphatic carbocycles. The molecule has 7 N–H and O–H groups in total. The van der Waals surface area contributed by atoms with Crippen LogP contribution in [0.4, 0.5) is 0 Å². The zero-order chi connectivity index (χ0) is 30.5. The minimum atomic E-state index is -2.01. The van der Waals surface area contributed by atoms with E-state index in [-0.39, 0.29) is 41.6 Å². The molecular formula is C30H44N2O9S2. The number of carbonyl (C=O) groups is 2. The highest BCUT2D eigenvalue weighted by atomic mass is 33.1. The van der Waals surface area contributed by atoms with Crippen molar-refractivity contribution in [2.75, 3.05) is 24.8 Å². The Hall–Kier alpha value is -1.00. The molecule has 1 spiro atoms. The van der Waals surface area contributed by atoms with Gasteiger partial charge in [0, 0.05) is 11.7 Å². The van der Waals surface area contributed by atoms with Crippen molar-refractivity contribution in [1.82, 2.24) is 10.6 Å². The first kappa shape index (κ1) is 32.0. The maximum atomic E-state index is 14.6. The Morgan fingerprint density at radius 2 is 1.88 bits per heavy atom. The molecule has 0 radical (unpaired) electrons. The molecule has 3 heterocycles. The van der Waals surface area contributed by atoms with Gasteiger partial charge in [0.1, 0.15) is 40.9 Å². The molecule has 12 unspecified atom stereocenters. The lowest BCUT2D eigenvalue weighted by molar-refractivity contribution is -0.346. The highest BCUT2D eigenvalue weighted by molar-refractivity contribution is 8.76. The first-order chi connectivity index (χ1) is 20.6. The van der Waals surface area contributed by atoms with Crippen molar-refractivity contribution in [1.29, 1.82) is 0 Å². The summed E-state index contributed by atoms with van der Waals surface area (Å²) in [5.74, 6) is -1.74. The second-order valence-electron chi connectivity index (χ2n) is 13.2. The van der Waals surface area contributed by atoms with Crippen molar-refractivity contribution in [3.05, 3.63) is 23.5 Å². The average molecular weight is 641 g/mol. The number of ketones is 2. The van der Waals surface area contributed by atoms with E-state index >= 15 is 0 Å². The van der Waals surface area contributed by atoms with Gasteiger partial charge in [0.25, 0.3) is 0 Å². The predicted octanol–water partition coefficient (Wildman–Crippen LogP) is 1.16. The molecule has 0 amide bonds. The number of ether oxygens (including phenoxy) is 2. The van der Waals surface area contributed by atoms with Gasteiger partial charge in [-0.3, -0.25) is 14.9 Å². The first-order valence-electron chi connectivity index (χ1n) is 15.5. The molecule has 13 heteroatoms. The Labute approximate surface area is 259 Å². The molecule has 240 valence electrons. The molecular weight excluding hydrogens is 596 g/mol. The molecule has 3 saturated heterocycles. The quantitative estimate of drug-likeness (QED) is 0.203. The second-order valence-corrected chi connectivity index (χ2v) is 15.6. The average Bonchev–Trinajstić information content (AvgIpc) is 2.99. The fourth-order valence-electron chi connectivity index (χ4n) is 8.24. The zero-order valence-corrected chi connectivity index (χ0v) is 26.0. The summed E-state index contributed by atoms with van der Waals surface area (Å²) >= 11 is 0. The van der Waals surface area contributed by atoms with Crippen LogP contribution < -0.4 is 10.6 Å². The fourth-order valence-corrected chi connectivity index (χ4v) is 10.6. The number of rotatable bonds is 1. The lowest BCUT2D eigenvalue weighted by atomic mass is 9.53. The largest absolute Gasteiger partial charge is 0.511 e. The van der Waals surface area contributed by atoms with Gasteiger partial charge in [-0.15, -0.1) is 0 Å². The van der Waals surface area contributed by atoms with E-state index in [0.29, 0.717) is 31.6 Å². The molecule has 12 atom stereocenters. The van der Waals surface area contributed by atoms with Crippen molar-refractivity contribution in [3.63, 3.8) is 0 Å². The van der Waals surface area contributed by atoms with Crippen LogP contribution in [0.2, 0.25) is 0 Å². The lowest BCUT2D eigenvalue weighted by Crippen LogP contribution is -2.68. The van der Waals surface area contributed by atoms with E-state index < -0.39 is 66.1 Å². The molecule has 5 fully saturated rings. The highest BCUT2D eigenvalue weighted by Crippen LogP contribution is 2.55. The third kappa shape index (κ3) is 5.55. The fraction of sp³-hybridized carbons (Fsp3) is 0.800. The second kappa shape index (κ2) is 12.7. The molecule has 6 aliphatic rings. The van der Waals surface area contributed by atoms with E-state index in [4.69, 9.17) is 9.47 Å².